The molecular weight excluding hydrogens is 256 g/mol. The monoisotopic (exact) mass is 269 g/mol. The maximum atomic E-state index is 12.9. The minimum absolute atomic E-state index is 0.227. The van der Waals surface area contributed by atoms with Gasteiger partial charge in [0.15, 0.2) is 0 Å². The molecule has 1 saturated carbocycles. The van der Waals surface area contributed by atoms with Gasteiger partial charge in [-0.2, -0.15) is 0 Å². The highest BCUT2D eigenvalue weighted by molar-refractivity contribution is 5.89. The van der Waals surface area contributed by atoms with Crippen LogP contribution in [0.5, 0.6) is 0 Å². The number of rotatable bonds is 5. The molecule has 6 heteroatoms. The standard InChI is InChI=1S/C13H13F2NO3/c14-8-3-7(4-9(15)5-8)1-2-16-12(17)10-6-11(10)13(18)19/h3-5,10-11H,1-2,6H2,(H,16,17)(H,18,19)/t10-,11+/m0/s1. The summed E-state index contributed by atoms with van der Waals surface area (Å²) in [6.07, 6.45) is 0.653. The van der Waals surface area contributed by atoms with Crippen LogP contribution in [0.15, 0.2) is 18.2 Å². The Morgan fingerprint density at radius 1 is 1.21 bits per heavy atom. The van der Waals surface area contributed by atoms with E-state index in [0.29, 0.717) is 18.4 Å². The number of carbonyl (C=O) groups excluding carboxylic acids is 1. The summed E-state index contributed by atoms with van der Waals surface area (Å²) in [5.41, 5.74) is 0.448. The third-order valence-corrected chi connectivity index (χ3v) is 3.08. The van der Waals surface area contributed by atoms with E-state index in [1.807, 2.05) is 0 Å². The van der Waals surface area contributed by atoms with E-state index in [9.17, 15) is 18.4 Å². The van der Waals surface area contributed by atoms with Gasteiger partial charge in [-0.05, 0) is 30.5 Å². The van der Waals surface area contributed by atoms with Crippen LogP contribution >= 0.6 is 0 Å². The van der Waals surface area contributed by atoms with E-state index >= 15 is 0 Å². The summed E-state index contributed by atoms with van der Waals surface area (Å²) in [6.45, 7) is 0.227. The molecule has 1 amide bonds. The summed E-state index contributed by atoms with van der Waals surface area (Å²) in [6, 6.07) is 3.18. The molecule has 0 spiro atoms. The van der Waals surface area contributed by atoms with Gasteiger partial charge in [0.25, 0.3) is 0 Å². The number of aliphatic carboxylic acids is 1. The number of hydrogen-bond donors (Lipinski definition) is 2. The number of carbonyl (C=O) groups is 2. The molecule has 0 saturated heterocycles. The topological polar surface area (TPSA) is 66.4 Å². The molecule has 1 aromatic rings. The van der Waals surface area contributed by atoms with Crippen molar-refractivity contribution in [3.8, 4) is 0 Å². The van der Waals surface area contributed by atoms with Crippen molar-refractivity contribution < 1.29 is 23.5 Å². The van der Waals surface area contributed by atoms with E-state index in [0.717, 1.165) is 6.07 Å². The van der Waals surface area contributed by atoms with E-state index < -0.39 is 29.4 Å². The fourth-order valence-corrected chi connectivity index (χ4v) is 1.97. The van der Waals surface area contributed by atoms with Crippen LogP contribution in [0, 0.1) is 23.5 Å². The normalized spacial score (nSPS) is 20.9. The van der Waals surface area contributed by atoms with E-state index in [1.54, 1.807) is 0 Å². The van der Waals surface area contributed by atoms with E-state index in [2.05, 4.69) is 5.32 Å². The van der Waals surface area contributed by atoms with Crippen molar-refractivity contribution in [1.82, 2.24) is 5.32 Å². The van der Waals surface area contributed by atoms with Crippen molar-refractivity contribution in [2.75, 3.05) is 6.54 Å². The Balaban J connectivity index is 1.78. The second-order valence-corrected chi connectivity index (χ2v) is 4.61. The number of nitrogens with one attached hydrogen (secondary N) is 1. The SMILES string of the molecule is O=C(NCCc1cc(F)cc(F)c1)[C@H]1C[C@H]1C(=O)O. The van der Waals surface area contributed by atoms with Crippen molar-refractivity contribution in [2.24, 2.45) is 11.8 Å². The van der Waals surface area contributed by atoms with Crippen LogP contribution in [0.2, 0.25) is 0 Å². The Kier molecular flexibility index (Phi) is 3.78. The van der Waals surface area contributed by atoms with Crippen molar-refractivity contribution in [3.05, 3.63) is 35.4 Å². The van der Waals surface area contributed by atoms with Gasteiger partial charge < -0.3 is 10.4 Å². The third-order valence-electron chi connectivity index (χ3n) is 3.08. The number of amides is 1. The molecule has 0 bridgehead atoms. The largest absolute Gasteiger partial charge is 0.481 e. The third kappa shape index (κ3) is 3.49. The van der Waals surface area contributed by atoms with Crippen molar-refractivity contribution >= 4 is 11.9 Å². The molecule has 4 nitrogen and oxygen atoms in total. The number of halogens is 2. The van der Waals surface area contributed by atoms with Gasteiger partial charge in [-0.25, -0.2) is 8.78 Å². The van der Waals surface area contributed by atoms with Crippen molar-refractivity contribution in [2.45, 2.75) is 12.8 Å². The molecule has 0 aliphatic heterocycles. The first-order chi connectivity index (χ1) is 8.97. The molecule has 102 valence electrons. The van der Waals surface area contributed by atoms with Crippen LogP contribution in [-0.4, -0.2) is 23.5 Å². The quantitative estimate of drug-likeness (QED) is 0.847. The lowest BCUT2D eigenvalue weighted by Crippen LogP contribution is -2.28. The van der Waals surface area contributed by atoms with Gasteiger partial charge in [-0.1, -0.05) is 0 Å². The zero-order chi connectivity index (χ0) is 14.0. The summed E-state index contributed by atoms with van der Waals surface area (Å²) in [7, 11) is 0. The first kappa shape index (κ1) is 13.5. The molecular formula is C13H13F2NO3. The molecule has 1 aliphatic carbocycles. The Morgan fingerprint density at radius 2 is 1.84 bits per heavy atom. The lowest BCUT2D eigenvalue weighted by Gasteiger charge is -2.05. The lowest BCUT2D eigenvalue weighted by molar-refractivity contribution is -0.140. The van der Waals surface area contributed by atoms with E-state index in [4.69, 9.17) is 5.11 Å². The zero-order valence-electron chi connectivity index (χ0n) is 10.0. The maximum Gasteiger partial charge on any atom is 0.307 e. The smallest absolute Gasteiger partial charge is 0.307 e. The fraction of sp³-hybridized carbons (Fsp3) is 0.385. The predicted molar refractivity (Wildman–Crippen MR) is 62.3 cm³/mol. The number of hydrogen-bond acceptors (Lipinski definition) is 2. The lowest BCUT2D eigenvalue weighted by atomic mass is 10.1. The van der Waals surface area contributed by atoms with E-state index in [1.165, 1.54) is 12.1 Å². The van der Waals surface area contributed by atoms with Gasteiger partial charge in [0, 0.05) is 12.6 Å². The van der Waals surface area contributed by atoms with Gasteiger partial charge in [-0.15, -0.1) is 0 Å². The molecule has 19 heavy (non-hydrogen) atoms. The number of carboxylic acid groups (broad SMARTS) is 1. The van der Waals surface area contributed by atoms with Crippen LogP contribution in [0.25, 0.3) is 0 Å². The van der Waals surface area contributed by atoms with Gasteiger partial charge in [0.05, 0.1) is 11.8 Å². The molecule has 0 radical (unpaired) electrons. The molecule has 1 fully saturated rings. The summed E-state index contributed by atoms with van der Waals surface area (Å²) in [5, 5.41) is 11.2. The van der Waals surface area contributed by atoms with Gasteiger partial charge >= 0.3 is 5.97 Å². The Hall–Kier alpha value is -1.98. The predicted octanol–water partition coefficient (Wildman–Crippen LogP) is 1.34. The molecule has 2 N–H and O–H groups in total. The second-order valence-electron chi connectivity index (χ2n) is 4.61. The molecule has 2 rings (SSSR count). The van der Waals surface area contributed by atoms with Crippen LogP contribution in [0.3, 0.4) is 0 Å². The highest BCUT2D eigenvalue weighted by atomic mass is 19.1. The Morgan fingerprint density at radius 3 is 2.37 bits per heavy atom. The van der Waals surface area contributed by atoms with Crippen molar-refractivity contribution in [3.63, 3.8) is 0 Å². The summed E-state index contributed by atoms with van der Waals surface area (Å²) in [5.74, 6) is -3.66. The number of carboxylic acids is 1. The van der Waals surface area contributed by atoms with E-state index in [-0.39, 0.29) is 12.5 Å². The summed E-state index contributed by atoms with van der Waals surface area (Å²) >= 11 is 0. The van der Waals surface area contributed by atoms with Gasteiger partial charge in [0.2, 0.25) is 5.91 Å². The maximum absolute atomic E-state index is 12.9. The van der Waals surface area contributed by atoms with Crippen molar-refractivity contribution in [1.29, 1.82) is 0 Å². The highest BCUT2D eigenvalue weighted by Crippen LogP contribution is 2.38. The molecule has 0 heterocycles. The molecule has 1 aliphatic rings. The highest BCUT2D eigenvalue weighted by Gasteiger charge is 2.48. The minimum atomic E-state index is -0.965. The minimum Gasteiger partial charge on any atom is -0.481 e. The van der Waals surface area contributed by atoms with Gasteiger partial charge in [0.1, 0.15) is 11.6 Å². The Labute approximate surface area is 108 Å². The first-order valence-corrected chi connectivity index (χ1v) is 5.93. The van der Waals surface area contributed by atoms with Crippen LogP contribution in [0.4, 0.5) is 8.78 Å². The molecule has 1 aromatic carbocycles. The summed E-state index contributed by atoms with van der Waals surface area (Å²) < 4.78 is 25.8. The molecule has 0 unspecified atom stereocenters. The number of benzene rings is 1. The zero-order valence-corrected chi connectivity index (χ0v) is 10.0. The average Bonchev–Trinajstić information content (AvgIpc) is 3.07. The average molecular weight is 269 g/mol. The molecule has 2 atom stereocenters. The second kappa shape index (κ2) is 5.34. The van der Waals surface area contributed by atoms with Crippen LogP contribution in [-0.2, 0) is 16.0 Å². The van der Waals surface area contributed by atoms with Gasteiger partial charge in [-0.3, -0.25) is 9.59 Å². The first-order valence-electron chi connectivity index (χ1n) is 5.93. The van der Waals surface area contributed by atoms with Crippen LogP contribution < -0.4 is 5.32 Å². The van der Waals surface area contributed by atoms with Crippen LogP contribution in [0.1, 0.15) is 12.0 Å². The summed E-state index contributed by atoms with van der Waals surface area (Å²) in [4.78, 5) is 22.1. The Bertz CT molecular complexity index is 498. The molecule has 0 aromatic heterocycles. The fourth-order valence-electron chi connectivity index (χ4n) is 1.97.